The van der Waals surface area contributed by atoms with Gasteiger partial charge >= 0.3 is 0 Å². The van der Waals surface area contributed by atoms with Crippen molar-refractivity contribution >= 4 is 33.1 Å². The minimum Gasteiger partial charge on any atom is -0.422 e. The molecule has 2 unspecified atom stereocenters. The molecule has 0 aliphatic carbocycles. The number of rotatable bonds is 6. The van der Waals surface area contributed by atoms with Gasteiger partial charge in [-0.15, -0.1) is 0 Å². The Morgan fingerprint density at radius 2 is 1.77 bits per heavy atom. The Kier molecular flexibility index (Phi) is 6.85. The van der Waals surface area contributed by atoms with Gasteiger partial charge in [-0.25, -0.2) is 0 Å². The van der Waals surface area contributed by atoms with Crippen LogP contribution in [-0.2, 0) is 4.43 Å². The van der Waals surface area contributed by atoms with Crippen LogP contribution in [0.3, 0.4) is 0 Å². The Bertz CT molecular complexity index is 129. The second kappa shape index (κ2) is 6.40. The lowest BCUT2D eigenvalue weighted by atomic mass is 9.81. The van der Waals surface area contributed by atoms with Gasteiger partial charge in [-0.3, -0.25) is 0 Å². The monoisotopic (exact) mass is 314 g/mol. The number of alkyl halides is 1. The van der Waals surface area contributed by atoms with Gasteiger partial charge in [0.05, 0.1) is 5.60 Å². The van der Waals surface area contributed by atoms with Crippen LogP contribution >= 0.6 is 22.6 Å². The fourth-order valence-electron chi connectivity index (χ4n) is 2.05. The average Bonchev–Trinajstić information content (AvgIpc) is 2.20. The van der Waals surface area contributed by atoms with Gasteiger partial charge in [0.1, 0.15) is 10.5 Å². The van der Waals surface area contributed by atoms with Gasteiger partial charge in [-0.1, -0.05) is 50.3 Å². The van der Waals surface area contributed by atoms with Gasteiger partial charge in [-0.2, -0.15) is 0 Å². The zero-order chi connectivity index (χ0) is 10.5. The highest BCUT2D eigenvalue weighted by Crippen LogP contribution is 2.35. The van der Waals surface area contributed by atoms with Crippen molar-refractivity contribution in [3.05, 3.63) is 0 Å². The molecule has 0 fully saturated rings. The average molecular weight is 314 g/mol. The van der Waals surface area contributed by atoms with E-state index in [4.69, 9.17) is 4.43 Å². The maximum Gasteiger partial charge on any atom is 0.146 e. The smallest absolute Gasteiger partial charge is 0.146 e. The molecular weight excluding hydrogens is 291 g/mol. The summed E-state index contributed by atoms with van der Waals surface area (Å²) < 4.78 is 6.60. The maximum absolute atomic E-state index is 5.86. The van der Waals surface area contributed by atoms with Crippen LogP contribution in [0, 0.1) is 5.92 Å². The van der Waals surface area contributed by atoms with Gasteiger partial charge < -0.3 is 4.43 Å². The Morgan fingerprint density at radius 3 is 2.00 bits per heavy atom. The van der Waals surface area contributed by atoms with Crippen molar-refractivity contribution < 1.29 is 4.43 Å². The minimum absolute atomic E-state index is 0.161. The molecule has 0 saturated carbocycles. The van der Waals surface area contributed by atoms with E-state index in [1.165, 1.54) is 6.42 Å². The van der Waals surface area contributed by atoms with Crippen LogP contribution in [-0.4, -0.2) is 20.0 Å². The van der Waals surface area contributed by atoms with Crippen molar-refractivity contribution in [2.45, 2.75) is 56.5 Å². The summed E-state index contributed by atoms with van der Waals surface area (Å²) in [6.45, 7) is 9.09. The van der Waals surface area contributed by atoms with Gasteiger partial charge in [0, 0.05) is 3.92 Å². The summed E-state index contributed by atoms with van der Waals surface area (Å²) >= 11 is 2.56. The van der Waals surface area contributed by atoms with E-state index < -0.39 is 0 Å². The van der Waals surface area contributed by atoms with E-state index in [1.54, 1.807) is 0 Å². The number of hydrogen-bond acceptors (Lipinski definition) is 1. The van der Waals surface area contributed by atoms with Crippen LogP contribution in [0.2, 0.25) is 0 Å². The van der Waals surface area contributed by atoms with Crippen LogP contribution in [0.25, 0.3) is 0 Å². The van der Waals surface area contributed by atoms with Gasteiger partial charge in [-0.05, 0) is 25.2 Å². The van der Waals surface area contributed by atoms with Crippen LogP contribution in [0.4, 0.5) is 0 Å². The van der Waals surface area contributed by atoms with Crippen molar-refractivity contribution in [3.63, 3.8) is 0 Å². The molecule has 1 nitrogen and oxygen atoms in total. The van der Waals surface area contributed by atoms with E-state index in [2.05, 4.69) is 50.3 Å². The van der Waals surface area contributed by atoms with Gasteiger partial charge in [0.15, 0.2) is 0 Å². The van der Waals surface area contributed by atoms with Gasteiger partial charge in [0.25, 0.3) is 0 Å². The minimum atomic E-state index is 0.161. The summed E-state index contributed by atoms with van der Waals surface area (Å²) in [5.74, 6) is 0.672. The molecule has 0 aromatic rings. The zero-order valence-corrected chi connectivity index (χ0v) is 13.7. The molecular formula is C10H23IOSi. The molecule has 0 saturated heterocycles. The lowest BCUT2D eigenvalue weighted by Crippen LogP contribution is -2.41. The molecule has 2 atom stereocenters. The highest BCUT2D eigenvalue weighted by molar-refractivity contribution is 14.1. The third-order valence-corrected chi connectivity index (χ3v) is 6.14. The maximum atomic E-state index is 5.86. The third kappa shape index (κ3) is 3.20. The van der Waals surface area contributed by atoms with Crippen LogP contribution in [0.15, 0.2) is 0 Å². The van der Waals surface area contributed by atoms with Crippen LogP contribution in [0.1, 0.15) is 47.0 Å². The Balaban J connectivity index is 4.52. The van der Waals surface area contributed by atoms with Crippen molar-refractivity contribution in [1.82, 2.24) is 0 Å². The predicted molar refractivity (Wildman–Crippen MR) is 71.6 cm³/mol. The topological polar surface area (TPSA) is 9.23 Å². The standard InChI is InChI=1S/C10H23IOSi/c1-5-9(11)8(4)10(6-2,7-3)12-13/h8-9H,5-7H2,1-4,13H3. The van der Waals surface area contributed by atoms with Crippen LogP contribution in [0.5, 0.6) is 0 Å². The first-order valence-corrected chi connectivity index (χ1v) is 7.33. The second-order valence-corrected chi connectivity index (χ2v) is 5.70. The van der Waals surface area contributed by atoms with Crippen molar-refractivity contribution in [3.8, 4) is 0 Å². The first-order chi connectivity index (χ1) is 6.07. The molecule has 0 aliphatic rings. The fraction of sp³-hybridized carbons (Fsp3) is 1.00. The highest BCUT2D eigenvalue weighted by atomic mass is 127. The third-order valence-electron chi connectivity index (χ3n) is 3.37. The molecule has 0 spiro atoms. The molecule has 0 bridgehead atoms. The van der Waals surface area contributed by atoms with Crippen molar-refractivity contribution in [2.75, 3.05) is 0 Å². The summed E-state index contributed by atoms with van der Waals surface area (Å²) in [5.41, 5.74) is 0.161. The van der Waals surface area contributed by atoms with E-state index >= 15 is 0 Å². The predicted octanol–water partition coefficient (Wildman–Crippen LogP) is 2.69. The lowest BCUT2D eigenvalue weighted by molar-refractivity contribution is 0.0155. The van der Waals surface area contributed by atoms with Crippen molar-refractivity contribution in [1.29, 1.82) is 0 Å². The normalized spacial score (nSPS) is 17.3. The lowest BCUT2D eigenvalue weighted by Gasteiger charge is -2.39. The summed E-state index contributed by atoms with van der Waals surface area (Å²) in [6.07, 6.45) is 3.54. The molecule has 0 amide bonds. The Hall–Kier alpha value is 0.907. The molecule has 0 radical (unpaired) electrons. The fourth-order valence-corrected chi connectivity index (χ4v) is 3.66. The summed E-state index contributed by atoms with van der Waals surface area (Å²) in [5, 5.41) is 0. The first kappa shape index (κ1) is 13.9. The molecule has 3 heteroatoms. The largest absolute Gasteiger partial charge is 0.422 e. The molecule has 0 aromatic heterocycles. The summed E-state index contributed by atoms with van der Waals surface area (Å²) in [7, 11) is 0.858. The van der Waals surface area contributed by atoms with E-state index in [0.717, 1.165) is 27.3 Å². The SMILES string of the molecule is CCC(I)C(C)C(CC)(CC)O[SiH3]. The molecule has 0 aromatic carbocycles. The molecule has 0 rings (SSSR count). The molecule has 0 heterocycles. The number of hydrogen-bond donors (Lipinski definition) is 0. The quantitative estimate of drug-likeness (QED) is 0.416. The first-order valence-electron chi connectivity index (χ1n) is 5.27. The van der Waals surface area contributed by atoms with E-state index in [0.29, 0.717) is 5.92 Å². The molecule has 13 heavy (non-hydrogen) atoms. The van der Waals surface area contributed by atoms with Crippen molar-refractivity contribution in [2.24, 2.45) is 5.92 Å². The zero-order valence-electron chi connectivity index (χ0n) is 9.56. The van der Waals surface area contributed by atoms with Gasteiger partial charge in [0.2, 0.25) is 0 Å². The number of halogens is 1. The summed E-state index contributed by atoms with van der Waals surface area (Å²) in [4.78, 5) is 0. The Labute approximate surface area is 99.7 Å². The molecule has 0 aliphatic heterocycles. The van der Waals surface area contributed by atoms with E-state index in [9.17, 15) is 0 Å². The molecule has 0 N–H and O–H groups in total. The second-order valence-electron chi connectivity index (χ2n) is 3.69. The Morgan fingerprint density at radius 1 is 1.31 bits per heavy atom. The summed E-state index contributed by atoms with van der Waals surface area (Å²) in [6, 6.07) is 0. The van der Waals surface area contributed by atoms with E-state index in [-0.39, 0.29) is 5.60 Å². The van der Waals surface area contributed by atoms with Crippen LogP contribution < -0.4 is 0 Å². The molecule has 80 valence electrons. The van der Waals surface area contributed by atoms with E-state index in [1.807, 2.05) is 0 Å². The highest BCUT2D eigenvalue weighted by Gasteiger charge is 2.35.